The molecule has 1 aromatic heterocycles. The minimum Gasteiger partial charge on any atom is -0.457 e. The fourth-order valence-corrected chi connectivity index (χ4v) is 3.60. The number of nitrogens with zero attached hydrogens (tertiary/aromatic N) is 1. The molecule has 4 nitrogen and oxygen atoms in total. The van der Waals surface area contributed by atoms with Crippen LogP contribution in [0.25, 0.3) is 17.4 Å². The molecule has 3 aromatic rings. The quantitative estimate of drug-likeness (QED) is 0.578. The van der Waals surface area contributed by atoms with Crippen molar-refractivity contribution in [3.63, 3.8) is 0 Å². The van der Waals surface area contributed by atoms with Crippen LogP contribution in [-0.4, -0.2) is 11.1 Å². The first-order valence-corrected chi connectivity index (χ1v) is 8.93. The summed E-state index contributed by atoms with van der Waals surface area (Å²) < 4.78 is 5.80. The summed E-state index contributed by atoms with van der Waals surface area (Å²) in [5.41, 5.74) is 2.53. The zero-order chi connectivity index (χ0) is 18.1. The number of hydrogen-bond acceptors (Lipinski definition) is 4. The standard InChI is InChI=1S/C21H15NO3S/c1-14-6-5-9-16(12-14)22-20(23)19(26-21(22)24)13-17-10-11-18(25-17)15-7-3-2-4-8-15/h2-13H,1H3/b19-13-. The van der Waals surface area contributed by atoms with Crippen molar-refractivity contribution in [2.75, 3.05) is 4.90 Å². The SMILES string of the molecule is Cc1cccc(N2C(=O)S/C(=C\c3ccc(-c4ccccc4)o3)C2=O)c1. The van der Waals surface area contributed by atoms with Crippen molar-refractivity contribution in [2.24, 2.45) is 0 Å². The number of carbonyl (C=O) groups excluding carboxylic acids is 2. The van der Waals surface area contributed by atoms with Gasteiger partial charge >= 0.3 is 0 Å². The smallest absolute Gasteiger partial charge is 0.298 e. The first-order valence-electron chi connectivity index (χ1n) is 8.12. The second-order valence-corrected chi connectivity index (χ2v) is 6.92. The van der Waals surface area contributed by atoms with E-state index in [1.165, 1.54) is 4.90 Å². The predicted octanol–water partition coefficient (Wildman–Crippen LogP) is 5.50. The molecule has 0 unspecified atom stereocenters. The van der Waals surface area contributed by atoms with Gasteiger partial charge in [-0.2, -0.15) is 0 Å². The Morgan fingerprint density at radius 1 is 0.962 bits per heavy atom. The summed E-state index contributed by atoms with van der Waals surface area (Å²) in [7, 11) is 0. The van der Waals surface area contributed by atoms with Crippen molar-refractivity contribution in [2.45, 2.75) is 6.92 Å². The zero-order valence-corrected chi connectivity index (χ0v) is 14.8. The molecular weight excluding hydrogens is 346 g/mol. The minimum absolute atomic E-state index is 0.304. The van der Waals surface area contributed by atoms with Crippen LogP contribution >= 0.6 is 11.8 Å². The number of furan rings is 1. The van der Waals surface area contributed by atoms with Gasteiger partial charge in [-0.1, -0.05) is 42.5 Å². The third kappa shape index (κ3) is 3.09. The first-order chi connectivity index (χ1) is 12.6. The summed E-state index contributed by atoms with van der Waals surface area (Å²) in [6.07, 6.45) is 1.62. The van der Waals surface area contributed by atoms with Crippen molar-refractivity contribution in [3.05, 3.63) is 83.0 Å². The predicted molar refractivity (Wildman–Crippen MR) is 104 cm³/mol. The highest BCUT2D eigenvalue weighted by Crippen LogP contribution is 2.36. The van der Waals surface area contributed by atoms with Crippen LogP contribution in [0.5, 0.6) is 0 Å². The first kappa shape index (κ1) is 16.4. The normalized spacial score (nSPS) is 15.9. The van der Waals surface area contributed by atoms with Crippen molar-refractivity contribution in [3.8, 4) is 11.3 Å². The molecule has 128 valence electrons. The van der Waals surface area contributed by atoms with Crippen LogP contribution in [0, 0.1) is 6.92 Å². The lowest BCUT2D eigenvalue weighted by molar-refractivity contribution is -0.113. The highest BCUT2D eigenvalue weighted by molar-refractivity contribution is 8.19. The van der Waals surface area contributed by atoms with Gasteiger partial charge in [0.25, 0.3) is 11.1 Å². The Morgan fingerprint density at radius 2 is 1.77 bits per heavy atom. The van der Waals surface area contributed by atoms with E-state index < -0.39 is 0 Å². The third-order valence-electron chi connectivity index (χ3n) is 4.01. The molecule has 1 saturated heterocycles. The Labute approximate surface area is 155 Å². The van der Waals surface area contributed by atoms with Gasteiger partial charge in [0.15, 0.2) is 0 Å². The maximum Gasteiger partial charge on any atom is 0.298 e. The molecule has 2 aromatic carbocycles. The van der Waals surface area contributed by atoms with E-state index in [9.17, 15) is 9.59 Å². The number of hydrogen-bond donors (Lipinski definition) is 0. The average molecular weight is 361 g/mol. The fraction of sp³-hybridized carbons (Fsp3) is 0.0476. The number of carbonyl (C=O) groups is 2. The zero-order valence-electron chi connectivity index (χ0n) is 14.0. The van der Waals surface area contributed by atoms with Gasteiger partial charge in [0.05, 0.1) is 10.6 Å². The maximum absolute atomic E-state index is 12.7. The van der Waals surface area contributed by atoms with Crippen LogP contribution < -0.4 is 4.90 Å². The molecule has 1 fully saturated rings. The molecular formula is C21H15NO3S. The van der Waals surface area contributed by atoms with Crippen LogP contribution in [0.2, 0.25) is 0 Å². The molecule has 2 heterocycles. The Bertz CT molecular complexity index is 1020. The Hall–Kier alpha value is -3.05. The lowest BCUT2D eigenvalue weighted by Crippen LogP contribution is -2.27. The van der Waals surface area contributed by atoms with Gasteiger partial charge < -0.3 is 4.42 Å². The Balaban J connectivity index is 1.62. The molecule has 0 spiro atoms. The molecule has 0 saturated carbocycles. The largest absolute Gasteiger partial charge is 0.457 e. The van der Waals surface area contributed by atoms with E-state index >= 15 is 0 Å². The van der Waals surface area contributed by atoms with E-state index in [2.05, 4.69) is 0 Å². The molecule has 26 heavy (non-hydrogen) atoms. The van der Waals surface area contributed by atoms with Crippen molar-refractivity contribution in [1.29, 1.82) is 0 Å². The van der Waals surface area contributed by atoms with Gasteiger partial charge in [0.1, 0.15) is 11.5 Å². The molecule has 5 heteroatoms. The van der Waals surface area contributed by atoms with Crippen LogP contribution in [0.1, 0.15) is 11.3 Å². The number of imide groups is 1. The Morgan fingerprint density at radius 3 is 2.54 bits per heavy atom. The number of aryl methyl sites for hydroxylation is 1. The summed E-state index contributed by atoms with van der Waals surface area (Å²) in [5, 5.41) is -0.304. The van der Waals surface area contributed by atoms with Gasteiger partial charge in [-0.15, -0.1) is 0 Å². The van der Waals surface area contributed by atoms with Gasteiger partial charge in [0, 0.05) is 11.6 Å². The summed E-state index contributed by atoms with van der Waals surface area (Å²) in [4.78, 5) is 26.6. The van der Waals surface area contributed by atoms with Gasteiger partial charge in [-0.3, -0.25) is 9.59 Å². The van der Waals surface area contributed by atoms with Gasteiger partial charge in [-0.05, 0) is 48.5 Å². The topological polar surface area (TPSA) is 50.5 Å². The third-order valence-corrected chi connectivity index (χ3v) is 4.88. The number of rotatable bonds is 3. The van der Waals surface area contributed by atoms with E-state index in [0.29, 0.717) is 16.4 Å². The van der Waals surface area contributed by atoms with E-state index in [0.717, 1.165) is 28.6 Å². The second-order valence-electron chi connectivity index (χ2n) is 5.92. The van der Waals surface area contributed by atoms with Crippen LogP contribution in [0.4, 0.5) is 10.5 Å². The minimum atomic E-state index is -0.330. The lowest BCUT2D eigenvalue weighted by Gasteiger charge is -2.12. The Kier molecular flexibility index (Phi) is 4.22. The molecule has 0 N–H and O–H groups in total. The molecule has 0 radical (unpaired) electrons. The van der Waals surface area contributed by atoms with E-state index in [1.54, 1.807) is 18.2 Å². The second kappa shape index (κ2) is 6.69. The lowest BCUT2D eigenvalue weighted by atomic mass is 10.2. The van der Waals surface area contributed by atoms with E-state index in [4.69, 9.17) is 4.42 Å². The summed E-state index contributed by atoms with van der Waals surface area (Å²) in [6, 6.07) is 20.7. The van der Waals surface area contributed by atoms with Gasteiger partial charge in [0.2, 0.25) is 0 Å². The molecule has 0 atom stereocenters. The van der Waals surface area contributed by atoms with Crippen LogP contribution in [0.15, 0.2) is 76.1 Å². The highest BCUT2D eigenvalue weighted by Gasteiger charge is 2.36. The van der Waals surface area contributed by atoms with Crippen LogP contribution in [0.3, 0.4) is 0 Å². The number of benzene rings is 2. The van der Waals surface area contributed by atoms with E-state index in [-0.39, 0.29) is 11.1 Å². The monoisotopic (exact) mass is 361 g/mol. The summed E-state index contributed by atoms with van der Waals surface area (Å²) >= 11 is 0.921. The molecule has 0 bridgehead atoms. The van der Waals surface area contributed by atoms with Crippen molar-refractivity contribution < 1.29 is 14.0 Å². The van der Waals surface area contributed by atoms with Crippen LogP contribution in [-0.2, 0) is 4.79 Å². The molecule has 1 aliphatic heterocycles. The molecule has 2 amide bonds. The molecule has 4 rings (SSSR count). The van der Waals surface area contributed by atoms with E-state index in [1.807, 2.05) is 61.5 Å². The van der Waals surface area contributed by atoms with Crippen molar-refractivity contribution >= 4 is 34.7 Å². The van der Waals surface area contributed by atoms with Crippen molar-refractivity contribution in [1.82, 2.24) is 0 Å². The summed E-state index contributed by atoms with van der Waals surface area (Å²) in [6.45, 7) is 1.92. The number of anilines is 1. The summed E-state index contributed by atoms with van der Waals surface area (Å²) in [5.74, 6) is 0.927. The molecule has 0 aliphatic carbocycles. The maximum atomic E-state index is 12.7. The number of thioether (sulfide) groups is 1. The molecule has 1 aliphatic rings. The van der Waals surface area contributed by atoms with Gasteiger partial charge in [-0.25, -0.2) is 4.90 Å². The number of amides is 2. The fourth-order valence-electron chi connectivity index (χ4n) is 2.77. The highest BCUT2D eigenvalue weighted by atomic mass is 32.2. The average Bonchev–Trinajstić information content (AvgIpc) is 3.21.